The van der Waals surface area contributed by atoms with Gasteiger partial charge in [0.2, 0.25) is 0 Å². The zero-order valence-corrected chi connectivity index (χ0v) is 28.8. The number of allylic oxidation sites excluding steroid dienone is 2. The molecule has 39 heavy (non-hydrogen) atoms. The van der Waals surface area contributed by atoms with Crippen molar-refractivity contribution < 1.29 is 18.8 Å². The number of aliphatic carboxylic acids is 1. The van der Waals surface area contributed by atoms with E-state index in [4.69, 9.17) is 14.0 Å². The predicted molar refractivity (Wildman–Crippen MR) is 168 cm³/mol. The molecule has 4 nitrogen and oxygen atoms in total. The zero-order valence-electron chi connectivity index (χ0n) is 26.8. The first-order valence-electron chi connectivity index (χ1n) is 15.7. The van der Waals surface area contributed by atoms with Gasteiger partial charge in [0, 0.05) is 12.3 Å². The summed E-state index contributed by atoms with van der Waals surface area (Å²) in [6.07, 6.45) is 12.8. The number of carboxylic acid groups (broad SMARTS) is 1. The Hall–Kier alpha value is -0.876. The molecule has 5 atom stereocenters. The highest BCUT2D eigenvalue weighted by Gasteiger charge is 2.50. The van der Waals surface area contributed by atoms with E-state index in [0.29, 0.717) is 24.2 Å². The van der Waals surface area contributed by atoms with Crippen LogP contribution in [-0.4, -0.2) is 39.9 Å². The van der Waals surface area contributed by atoms with Crippen LogP contribution in [0.4, 0.5) is 0 Å². The first-order valence-corrected chi connectivity index (χ1v) is 21.5. The minimum Gasteiger partial charge on any atom is -0.481 e. The van der Waals surface area contributed by atoms with Crippen LogP contribution in [0.1, 0.15) is 106 Å². The fourth-order valence-electron chi connectivity index (χ4n) is 6.11. The first-order chi connectivity index (χ1) is 17.9. The molecule has 0 heterocycles. The maximum atomic E-state index is 11.0. The van der Waals surface area contributed by atoms with Crippen LogP contribution in [0.2, 0.25) is 36.3 Å². The summed E-state index contributed by atoms with van der Waals surface area (Å²) in [6, 6.07) is 0. The van der Waals surface area contributed by atoms with Crippen molar-refractivity contribution in [3.63, 3.8) is 0 Å². The molecule has 0 aromatic rings. The molecule has 0 aromatic heterocycles. The lowest BCUT2D eigenvalue weighted by atomic mass is 9.57. The van der Waals surface area contributed by atoms with Crippen molar-refractivity contribution in [2.45, 2.75) is 154 Å². The van der Waals surface area contributed by atoms with Gasteiger partial charge >= 0.3 is 5.97 Å². The molecule has 3 rings (SSSR count). The summed E-state index contributed by atoms with van der Waals surface area (Å²) in [4.78, 5) is 11.0. The van der Waals surface area contributed by atoms with Crippen LogP contribution in [0.15, 0.2) is 11.6 Å². The lowest BCUT2D eigenvalue weighted by Crippen LogP contribution is -2.51. The fourth-order valence-corrected chi connectivity index (χ4v) is 8.73. The van der Waals surface area contributed by atoms with Crippen LogP contribution in [0.3, 0.4) is 0 Å². The molecular weight excluding hydrogens is 517 g/mol. The first kappa shape index (κ1) is 32.6. The molecule has 0 spiro atoms. The number of carboxylic acids is 1. The summed E-state index contributed by atoms with van der Waals surface area (Å²) in [5, 5.41) is 9.42. The molecule has 0 bridgehead atoms. The van der Waals surface area contributed by atoms with Crippen LogP contribution in [0.25, 0.3) is 0 Å². The molecule has 0 saturated heterocycles. The summed E-state index contributed by atoms with van der Waals surface area (Å²) >= 11 is 0. The highest BCUT2D eigenvalue weighted by molar-refractivity contribution is 6.74. The summed E-state index contributed by atoms with van der Waals surface area (Å²) in [6.45, 7) is 23.4. The molecule has 3 saturated carbocycles. The largest absolute Gasteiger partial charge is 0.481 e. The van der Waals surface area contributed by atoms with Gasteiger partial charge in [0.05, 0.1) is 6.10 Å². The summed E-state index contributed by atoms with van der Waals surface area (Å²) in [7, 11) is -3.89. The van der Waals surface area contributed by atoms with E-state index in [1.807, 2.05) is 0 Å². The van der Waals surface area contributed by atoms with Crippen molar-refractivity contribution in [2.75, 3.05) is 0 Å². The Morgan fingerprint density at radius 2 is 1.59 bits per heavy atom. The van der Waals surface area contributed by atoms with Gasteiger partial charge in [-0.25, -0.2) is 0 Å². The van der Waals surface area contributed by atoms with Gasteiger partial charge in [0.15, 0.2) is 16.6 Å². The molecular formula is C33H58O4Si2. The second-order valence-corrected chi connectivity index (χ2v) is 25.2. The third-order valence-electron chi connectivity index (χ3n) is 10.8. The van der Waals surface area contributed by atoms with Gasteiger partial charge in [-0.05, 0) is 92.5 Å². The van der Waals surface area contributed by atoms with E-state index in [2.05, 4.69) is 85.6 Å². The summed E-state index contributed by atoms with van der Waals surface area (Å²) < 4.78 is 14.2. The van der Waals surface area contributed by atoms with Crippen LogP contribution in [-0.2, 0) is 13.6 Å². The molecule has 0 amide bonds. The van der Waals surface area contributed by atoms with Crippen molar-refractivity contribution in [3.05, 3.63) is 11.6 Å². The SMILES string of the molecule is CC(C)(C)[Si](C)(C)OC(C#CC1[C@H]2C/C(=C\CCC(=O)O)[C@H]2CC[C@H]1O[Si](C)(C)C(C)(C)C)C1CCCCC1. The zero-order chi connectivity index (χ0) is 29.2. The Balaban J connectivity index is 1.90. The van der Waals surface area contributed by atoms with Crippen LogP contribution < -0.4 is 0 Å². The third-order valence-corrected chi connectivity index (χ3v) is 19.8. The number of rotatable bonds is 8. The molecule has 0 aromatic carbocycles. The maximum absolute atomic E-state index is 11.0. The quantitative estimate of drug-likeness (QED) is 0.178. The van der Waals surface area contributed by atoms with Gasteiger partial charge in [-0.15, -0.1) is 0 Å². The topological polar surface area (TPSA) is 55.8 Å². The van der Waals surface area contributed by atoms with E-state index in [-0.39, 0.29) is 34.6 Å². The molecule has 1 N–H and O–H groups in total. The van der Waals surface area contributed by atoms with E-state index in [0.717, 1.165) is 19.3 Å². The molecule has 3 aliphatic rings. The van der Waals surface area contributed by atoms with Gasteiger partial charge in [-0.2, -0.15) is 0 Å². The lowest BCUT2D eigenvalue weighted by Gasteiger charge is -2.52. The van der Waals surface area contributed by atoms with E-state index < -0.39 is 22.6 Å². The number of hydrogen-bond donors (Lipinski definition) is 1. The van der Waals surface area contributed by atoms with Crippen LogP contribution >= 0.6 is 0 Å². The lowest BCUT2D eigenvalue weighted by molar-refractivity contribution is -0.136. The van der Waals surface area contributed by atoms with Crippen molar-refractivity contribution in [2.24, 2.45) is 23.7 Å². The van der Waals surface area contributed by atoms with Gasteiger partial charge < -0.3 is 14.0 Å². The predicted octanol–water partition coefficient (Wildman–Crippen LogP) is 9.19. The van der Waals surface area contributed by atoms with Crippen molar-refractivity contribution in [1.29, 1.82) is 0 Å². The maximum Gasteiger partial charge on any atom is 0.303 e. The number of carbonyl (C=O) groups is 1. The van der Waals surface area contributed by atoms with E-state index in [1.54, 1.807) is 0 Å². The molecule has 3 aliphatic carbocycles. The molecule has 2 unspecified atom stereocenters. The van der Waals surface area contributed by atoms with E-state index >= 15 is 0 Å². The van der Waals surface area contributed by atoms with Crippen molar-refractivity contribution in [3.8, 4) is 11.8 Å². The third kappa shape index (κ3) is 8.12. The Bertz CT molecular complexity index is 937. The van der Waals surface area contributed by atoms with Gasteiger partial charge in [0.25, 0.3) is 0 Å². The standard InChI is InChI=1S/C33H58O4Si2/c1-32(2,3)38(7,8)36-29(24-15-12-11-13-16-24)21-20-27-28-23-25(17-14-18-31(34)35)26(28)19-22-30(27)37-39(9,10)33(4,5)6/h17,24,26-30H,11-16,18-19,22-23H2,1-10H3,(H,34,35)/b25-17+/t26-,27?,28+,29?,30-/m1/s1. The van der Waals surface area contributed by atoms with Gasteiger partial charge in [-0.1, -0.05) is 84.3 Å². The highest BCUT2D eigenvalue weighted by Crippen LogP contribution is 2.53. The Kier molecular flexibility index (Phi) is 10.5. The van der Waals surface area contributed by atoms with Crippen LogP contribution in [0.5, 0.6) is 0 Å². The molecule has 6 heteroatoms. The second-order valence-electron chi connectivity index (χ2n) is 15.7. The Morgan fingerprint density at radius 1 is 0.974 bits per heavy atom. The molecule has 0 aliphatic heterocycles. The molecule has 222 valence electrons. The average molecular weight is 575 g/mol. The average Bonchev–Trinajstić information content (AvgIpc) is 2.79. The highest BCUT2D eigenvalue weighted by atomic mass is 28.4. The van der Waals surface area contributed by atoms with E-state index in [1.165, 1.54) is 37.7 Å². The summed E-state index contributed by atoms with van der Waals surface area (Å²) in [5.41, 5.74) is 1.46. The second kappa shape index (κ2) is 12.6. The molecule has 0 radical (unpaired) electrons. The molecule has 3 fully saturated rings. The number of hydrogen-bond acceptors (Lipinski definition) is 3. The minimum atomic E-state index is -1.95. The fraction of sp³-hybridized carbons (Fsp3) is 0.848. The Labute approximate surface area is 242 Å². The monoisotopic (exact) mass is 574 g/mol. The van der Waals surface area contributed by atoms with Crippen molar-refractivity contribution >= 4 is 22.6 Å². The van der Waals surface area contributed by atoms with Crippen molar-refractivity contribution in [1.82, 2.24) is 0 Å². The summed E-state index contributed by atoms with van der Waals surface area (Å²) in [5.74, 6) is 8.76. The smallest absolute Gasteiger partial charge is 0.303 e. The minimum absolute atomic E-state index is 0.0192. The van der Waals surface area contributed by atoms with Crippen LogP contribution in [0, 0.1) is 35.5 Å². The number of fused-ring (bicyclic) bond motifs is 1. The van der Waals surface area contributed by atoms with E-state index in [9.17, 15) is 4.79 Å². The Morgan fingerprint density at radius 3 is 2.15 bits per heavy atom. The van der Waals surface area contributed by atoms with Gasteiger partial charge in [-0.3, -0.25) is 4.79 Å². The normalized spacial score (nSPS) is 28.7. The van der Waals surface area contributed by atoms with Gasteiger partial charge in [0.1, 0.15) is 6.10 Å².